The highest BCUT2D eigenvalue weighted by Gasteiger charge is 2.42. The zero-order chi connectivity index (χ0) is 28.4. The number of rotatable bonds is 9. The van der Waals surface area contributed by atoms with Crippen LogP contribution < -0.4 is 16.0 Å². The van der Waals surface area contributed by atoms with Gasteiger partial charge in [-0.2, -0.15) is 5.48 Å². The third kappa shape index (κ3) is 5.06. The third-order valence-corrected chi connectivity index (χ3v) is 8.38. The van der Waals surface area contributed by atoms with Crippen LogP contribution in [0.15, 0.2) is 97.5 Å². The number of anilines is 1. The summed E-state index contributed by atoms with van der Waals surface area (Å²) in [6, 6.07) is 28.3. The van der Waals surface area contributed by atoms with Gasteiger partial charge in [0.25, 0.3) is 0 Å². The Hall–Kier alpha value is -3.55. The van der Waals surface area contributed by atoms with Gasteiger partial charge < -0.3 is 24.9 Å². The van der Waals surface area contributed by atoms with Crippen LogP contribution in [0.1, 0.15) is 29.3 Å². The van der Waals surface area contributed by atoms with Gasteiger partial charge >= 0.3 is 0 Å². The molecule has 1 saturated heterocycles. The van der Waals surface area contributed by atoms with Crippen molar-refractivity contribution in [1.82, 2.24) is 20.0 Å². The number of fused-ring (bicyclic) bond motifs is 1. The molecule has 6 rings (SSSR count). The number of nitrogens with two attached hydrogens (primary N) is 1. The maximum Gasteiger partial charge on any atom is 0.148 e. The first-order valence-corrected chi connectivity index (χ1v) is 14.3. The first-order chi connectivity index (χ1) is 20.0. The van der Waals surface area contributed by atoms with E-state index in [2.05, 4.69) is 62.3 Å². The average Bonchev–Trinajstić information content (AvgIpc) is 3.60. The normalized spacial score (nSPS) is 19.0. The lowest BCUT2D eigenvalue weighted by atomic mass is 9.78. The molecule has 0 amide bonds. The standard InChI is InChI=1S/C31H30IN5O4/c1-39-23-14-12-22(13-15-23)31(20-8-4-2-5-9-20,21-10-6-3-7-11-21)36-41-25-16-27(40-26(25)18-38)37-17-24(32)28-29(33)34-19-35-30(28)37/h2-15,17,19,25-27,36,38H,16,18H2,1H3,(H2,33,34,35)/t25?,26-,27-/m1/s1. The van der Waals surface area contributed by atoms with Crippen LogP contribution in [0, 0.1) is 3.57 Å². The molecule has 3 heterocycles. The molecule has 3 atom stereocenters. The molecule has 0 radical (unpaired) electrons. The molecule has 10 heteroatoms. The number of nitrogen functional groups attached to an aromatic ring is 1. The summed E-state index contributed by atoms with van der Waals surface area (Å²) in [6.45, 7) is -0.206. The third-order valence-electron chi connectivity index (χ3n) is 7.56. The van der Waals surface area contributed by atoms with Crippen molar-refractivity contribution in [3.63, 3.8) is 0 Å². The second-order valence-corrected chi connectivity index (χ2v) is 11.0. The number of hydroxylamine groups is 1. The molecule has 3 aromatic carbocycles. The summed E-state index contributed by atoms with van der Waals surface area (Å²) < 4.78 is 14.6. The summed E-state index contributed by atoms with van der Waals surface area (Å²) in [6.07, 6.45) is 2.42. The Kier molecular flexibility index (Phi) is 7.91. The van der Waals surface area contributed by atoms with Gasteiger partial charge in [-0.25, -0.2) is 9.97 Å². The van der Waals surface area contributed by atoms with Gasteiger partial charge in [0.15, 0.2) is 0 Å². The molecule has 41 heavy (non-hydrogen) atoms. The number of ether oxygens (including phenoxy) is 2. The molecule has 0 aliphatic carbocycles. The molecule has 9 nitrogen and oxygen atoms in total. The second-order valence-electron chi connectivity index (χ2n) is 9.86. The van der Waals surface area contributed by atoms with Gasteiger partial charge in [-0.05, 0) is 51.4 Å². The Balaban J connectivity index is 1.37. The molecule has 1 aliphatic rings. The van der Waals surface area contributed by atoms with E-state index in [1.165, 1.54) is 6.33 Å². The first kappa shape index (κ1) is 27.6. The zero-order valence-electron chi connectivity index (χ0n) is 22.4. The molecule has 1 aliphatic heterocycles. The van der Waals surface area contributed by atoms with Gasteiger partial charge in [0.05, 0.1) is 19.1 Å². The zero-order valence-corrected chi connectivity index (χ0v) is 24.5. The Bertz CT molecular complexity index is 1580. The molecule has 4 N–H and O–H groups in total. The predicted molar refractivity (Wildman–Crippen MR) is 164 cm³/mol. The molecule has 210 valence electrons. The quantitative estimate of drug-likeness (QED) is 0.117. The molecular formula is C31H30IN5O4. The highest BCUT2D eigenvalue weighted by atomic mass is 127. The van der Waals surface area contributed by atoms with Crippen LogP contribution in [0.3, 0.4) is 0 Å². The van der Waals surface area contributed by atoms with Crippen molar-refractivity contribution in [2.45, 2.75) is 30.4 Å². The SMILES string of the molecule is COc1ccc(C(NOC2C[C@H](n3cc(I)c4c(N)ncnc43)O[C@@H]2CO)(c2ccccc2)c2ccccc2)cc1. The summed E-state index contributed by atoms with van der Waals surface area (Å²) in [4.78, 5) is 15.1. The summed E-state index contributed by atoms with van der Waals surface area (Å²) in [5, 5.41) is 11.1. The number of nitrogens with one attached hydrogen (secondary N) is 1. The van der Waals surface area contributed by atoms with Crippen LogP contribution in [-0.4, -0.2) is 45.6 Å². The lowest BCUT2D eigenvalue weighted by Crippen LogP contribution is -2.47. The van der Waals surface area contributed by atoms with E-state index in [-0.39, 0.29) is 6.61 Å². The Morgan fingerprint density at radius 2 is 1.63 bits per heavy atom. The van der Waals surface area contributed by atoms with Gasteiger partial charge in [-0.1, -0.05) is 72.8 Å². The number of hydrogen-bond acceptors (Lipinski definition) is 8. The molecule has 0 spiro atoms. The largest absolute Gasteiger partial charge is 0.497 e. The summed E-state index contributed by atoms with van der Waals surface area (Å²) in [5.74, 6) is 1.18. The molecule has 2 aromatic heterocycles. The monoisotopic (exact) mass is 663 g/mol. The number of benzene rings is 3. The number of hydrogen-bond donors (Lipinski definition) is 3. The average molecular weight is 664 g/mol. The lowest BCUT2D eigenvalue weighted by molar-refractivity contribution is -0.103. The van der Waals surface area contributed by atoms with E-state index in [4.69, 9.17) is 20.0 Å². The van der Waals surface area contributed by atoms with E-state index in [0.29, 0.717) is 17.9 Å². The Morgan fingerprint density at radius 3 is 2.24 bits per heavy atom. The van der Waals surface area contributed by atoms with Crippen molar-refractivity contribution in [3.8, 4) is 5.75 Å². The smallest absolute Gasteiger partial charge is 0.148 e. The Morgan fingerprint density at radius 1 is 1.00 bits per heavy atom. The van der Waals surface area contributed by atoms with Crippen LogP contribution in [0.5, 0.6) is 5.75 Å². The minimum atomic E-state index is -0.871. The highest BCUT2D eigenvalue weighted by Crippen LogP contribution is 2.40. The van der Waals surface area contributed by atoms with Crippen LogP contribution in [0.2, 0.25) is 0 Å². The molecule has 1 unspecified atom stereocenters. The molecule has 0 bridgehead atoms. The summed E-state index contributed by atoms with van der Waals surface area (Å²) in [5.41, 5.74) is 12.4. The highest BCUT2D eigenvalue weighted by molar-refractivity contribution is 14.1. The van der Waals surface area contributed by atoms with E-state index in [0.717, 1.165) is 31.4 Å². The minimum Gasteiger partial charge on any atom is -0.497 e. The summed E-state index contributed by atoms with van der Waals surface area (Å²) in [7, 11) is 1.65. The lowest BCUT2D eigenvalue weighted by Gasteiger charge is -2.37. The maximum absolute atomic E-state index is 10.3. The fourth-order valence-corrected chi connectivity index (χ4v) is 6.32. The van der Waals surface area contributed by atoms with Crippen LogP contribution in [-0.2, 0) is 15.1 Å². The van der Waals surface area contributed by atoms with E-state index in [1.807, 2.05) is 71.4 Å². The maximum atomic E-state index is 10.3. The van der Waals surface area contributed by atoms with E-state index >= 15 is 0 Å². The first-order valence-electron chi connectivity index (χ1n) is 13.3. The van der Waals surface area contributed by atoms with Gasteiger partial charge in [0.1, 0.15) is 47.5 Å². The van der Waals surface area contributed by atoms with E-state index in [1.54, 1.807) is 7.11 Å². The van der Waals surface area contributed by atoms with Gasteiger partial charge in [-0.15, -0.1) is 0 Å². The molecule has 0 saturated carbocycles. The molecule has 5 aromatic rings. The Labute approximate surface area is 251 Å². The molecule has 1 fully saturated rings. The van der Waals surface area contributed by atoms with Crippen molar-refractivity contribution >= 4 is 39.4 Å². The summed E-state index contributed by atoms with van der Waals surface area (Å²) >= 11 is 2.22. The fourth-order valence-electron chi connectivity index (χ4n) is 5.50. The number of aliphatic hydroxyl groups is 1. The van der Waals surface area contributed by atoms with Crippen molar-refractivity contribution in [2.75, 3.05) is 19.5 Å². The number of aromatic nitrogens is 3. The number of halogens is 1. The van der Waals surface area contributed by atoms with Crippen molar-refractivity contribution in [1.29, 1.82) is 0 Å². The fraction of sp³-hybridized carbons (Fsp3) is 0.226. The van der Waals surface area contributed by atoms with Crippen LogP contribution in [0.4, 0.5) is 5.82 Å². The van der Waals surface area contributed by atoms with Crippen LogP contribution in [0.25, 0.3) is 11.0 Å². The van der Waals surface area contributed by atoms with Gasteiger partial charge in [0, 0.05) is 16.2 Å². The van der Waals surface area contributed by atoms with E-state index in [9.17, 15) is 5.11 Å². The van der Waals surface area contributed by atoms with Crippen molar-refractivity contribution in [2.24, 2.45) is 0 Å². The topological polar surface area (TPSA) is 117 Å². The second kappa shape index (κ2) is 11.7. The predicted octanol–water partition coefficient (Wildman–Crippen LogP) is 4.79. The molecular weight excluding hydrogens is 633 g/mol. The van der Waals surface area contributed by atoms with Crippen molar-refractivity contribution < 1.29 is 19.4 Å². The van der Waals surface area contributed by atoms with Crippen LogP contribution >= 0.6 is 22.6 Å². The number of nitrogens with zero attached hydrogens (tertiary/aromatic N) is 3. The van der Waals surface area contributed by atoms with E-state index < -0.39 is 24.0 Å². The minimum absolute atomic E-state index is 0.206. The number of aliphatic hydroxyl groups excluding tert-OH is 1. The van der Waals surface area contributed by atoms with Gasteiger partial charge in [0.2, 0.25) is 0 Å². The number of methoxy groups -OCH3 is 1. The van der Waals surface area contributed by atoms with Gasteiger partial charge in [-0.3, -0.25) is 4.84 Å². The van der Waals surface area contributed by atoms with Crippen molar-refractivity contribution in [3.05, 3.63) is 118 Å².